The summed E-state index contributed by atoms with van der Waals surface area (Å²) in [5, 5.41) is 0. The van der Waals surface area contributed by atoms with Crippen molar-refractivity contribution in [3.63, 3.8) is 0 Å². The fraction of sp³-hybridized carbons (Fsp3) is 1.00. The lowest BCUT2D eigenvalue weighted by molar-refractivity contribution is -0.0444. The van der Waals surface area contributed by atoms with Crippen molar-refractivity contribution in [1.29, 1.82) is 0 Å². The van der Waals surface area contributed by atoms with Crippen LogP contribution < -0.4 is 10.5 Å². The largest absolute Gasteiger partial charge is 0.373 e. The van der Waals surface area contributed by atoms with Crippen molar-refractivity contribution in [2.75, 3.05) is 19.6 Å². The number of ether oxygens (including phenoxy) is 1. The van der Waals surface area contributed by atoms with Crippen LogP contribution in [0.5, 0.6) is 0 Å². The average molecular weight is 251 g/mol. The molecule has 1 saturated heterocycles. The highest BCUT2D eigenvalue weighted by atomic mass is 32.2. The molecule has 1 fully saturated rings. The molecule has 0 spiro atoms. The predicted octanol–water partition coefficient (Wildman–Crippen LogP) is -0.723. The maximum absolute atomic E-state index is 11.9. The van der Waals surface area contributed by atoms with Crippen molar-refractivity contribution < 1.29 is 13.2 Å². The van der Waals surface area contributed by atoms with E-state index in [2.05, 4.69) is 4.72 Å². The summed E-state index contributed by atoms with van der Waals surface area (Å²) in [5.41, 5.74) is 5.39. The lowest BCUT2D eigenvalue weighted by Crippen LogP contribution is -2.54. The summed E-state index contributed by atoms with van der Waals surface area (Å²) >= 11 is 0. The first-order chi connectivity index (χ1) is 7.35. The molecule has 16 heavy (non-hydrogen) atoms. The van der Waals surface area contributed by atoms with Gasteiger partial charge in [0.2, 0.25) is 0 Å². The highest BCUT2D eigenvalue weighted by Crippen LogP contribution is 2.13. The quantitative estimate of drug-likeness (QED) is 0.690. The molecule has 1 aliphatic heterocycles. The molecule has 3 atom stereocenters. The van der Waals surface area contributed by atoms with Crippen LogP contribution in [-0.2, 0) is 14.9 Å². The van der Waals surface area contributed by atoms with Crippen LogP contribution in [0.25, 0.3) is 0 Å². The van der Waals surface area contributed by atoms with E-state index in [1.165, 1.54) is 4.31 Å². The zero-order chi connectivity index (χ0) is 12.3. The van der Waals surface area contributed by atoms with Gasteiger partial charge in [-0.05, 0) is 20.8 Å². The third kappa shape index (κ3) is 3.67. The highest BCUT2D eigenvalue weighted by Gasteiger charge is 2.31. The molecule has 0 aromatic rings. The van der Waals surface area contributed by atoms with Gasteiger partial charge in [0, 0.05) is 25.7 Å². The predicted molar refractivity (Wildman–Crippen MR) is 62.2 cm³/mol. The number of morpholine rings is 1. The van der Waals surface area contributed by atoms with E-state index in [4.69, 9.17) is 10.5 Å². The molecule has 3 N–H and O–H groups in total. The molecule has 0 aromatic heterocycles. The number of nitrogens with zero attached hydrogens (tertiary/aromatic N) is 1. The van der Waals surface area contributed by atoms with Crippen molar-refractivity contribution in [2.24, 2.45) is 5.73 Å². The summed E-state index contributed by atoms with van der Waals surface area (Å²) in [4.78, 5) is 0. The summed E-state index contributed by atoms with van der Waals surface area (Å²) in [5.74, 6) is 0. The maximum Gasteiger partial charge on any atom is 0.279 e. The molecule has 96 valence electrons. The second kappa shape index (κ2) is 5.42. The number of hydrogen-bond acceptors (Lipinski definition) is 4. The van der Waals surface area contributed by atoms with Gasteiger partial charge in [0.1, 0.15) is 0 Å². The third-order valence-corrected chi connectivity index (χ3v) is 4.11. The van der Waals surface area contributed by atoms with Crippen LogP contribution in [0.3, 0.4) is 0 Å². The molecule has 1 rings (SSSR count). The Morgan fingerprint density at radius 3 is 2.38 bits per heavy atom. The van der Waals surface area contributed by atoms with Gasteiger partial charge in [-0.25, -0.2) is 0 Å². The molecule has 0 saturated carbocycles. The van der Waals surface area contributed by atoms with E-state index in [0.29, 0.717) is 13.1 Å². The van der Waals surface area contributed by atoms with Crippen molar-refractivity contribution in [3.8, 4) is 0 Å². The van der Waals surface area contributed by atoms with Crippen LogP contribution in [0.2, 0.25) is 0 Å². The van der Waals surface area contributed by atoms with Crippen LogP contribution in [0, 0.1) is 0 Å². The lowest BCUT2D eigenvalue weighted by atomic mass is 10.3. The van der Waals surface area contributed by atoms with Gasteiger partial charge in [-0.3, -0.25) is 0 Å². The van der Waals surface area contributed by atoms with Gasteiger partial charge in [-0.15, -0.1) is 0 Å². The molecule has 0 amide bonds. The molecule has 0 aromatic carbocycles. The van der Waals surface area contributed by atoms with E-state index in [1.807, 2.05) is 13.8 Å². The topological polar surface area (TPSA) is 84.7 Å². The second-order valence-corrected chi connectivity index (χ2v) is 6.04. The Balaban J connectivity index is 2.67. The fourth-order valence-electron chi connectivity index (χ4n) is 1.70. The van der Waals surface area contributed by atoms with Gasteiger partial charge >= 0.3 is 0 Å². The molecule has 0 bridgehead atoms. The van der Waals surface area contributed by atoms with Crippen LogP contribution in [0.4, 0.5) is 0 Å². The lowest BCUT2D eigenvalue weighted by Gasteiger charge is -2.34. The Morgan fingerprint density at radius 1 is 1.44 bits per heavy atom. The minimum Gasteiger partial charge on any atom is -0.373 e. The molecule has 2 unspecified atom stereocenters. The third-order valence-electron chi connectivity index (χ3n) is 2.43. The summed E-state index contributed by atoms with van der Waals surface area (Å²) in [7, 11) is -3.44. The normalized spacial score (nSPS) is 30.2. The minimum absolute atomic E-state index is 0.0755. The fourth-order valence-corrected chi connectivity index (χ4v) is 3.27. The highest BCUT2D eigenvalue weighted by molar-refractivity contribution is 7.87. The molecule has 7 heteroatoms. The van der Waals surface area contributed by atoms with E-state index >= 15 is 0 Å². The van der Waals surface area contributed by atoms with Gasteiger partial charge in [0.25, 0.3) is 10.2 Å². The van der Waals surface area contributed by atoms with E-state index in [0.717, 1.165) is 0 Å². The van der Waals surface area contributed by atoms with E-state index in [9.17, 15) is 8.42 Å². The number of rotatable bonds is 4. The minimum atomic E-state index is -3.44. The second-order valence-electron chi connectivity index (χ2n) is 4.33. The Hall–Kier alpha value is -0.210. The maximum atomic E-state index is 11.9. The summed E-state index contributed by atoms with van der Waals surface area (Å²) in [6.07, 6.45) is -0.151. The first kappa shape index (κ1) is 13.9. The molecule has 0 radical (unpaired) electrons. The van der Waals surface area contributed by atoms with Gasteiger partial charge in [-0.2, -0.15) is 17.4 Å². The average Bonchev–Trinajstić information content (AvgIpc) is 2.15. The van der Waals surface area contributed by atoms with E-state index in [-0.39, 0.29) is 24.8 Å². The Kier molecular flexibility index (Phi) is 4.69. The Morgan fingerprint density at radius 2 is 1.94 bits per heavy atom. The van der Waals surface area contributed by atoms with Crippen molar-refractivity contribution in [3.05, 3.63) is 0 Å². The SMILES string of the molecule is CC1CN(S(=O)(=O)N[C@H](C)CN)CC(C)O1. The van der Waals surface area contributed by atoms with Crippen LogP contribution in [-0.4, -0.2) is 50.6 Å². The van der Waals surface area contributed by atoms with Crippen LogP contribution >= 0.6 is 0 Å². The monoisotopic (exact) mass is 251 g/mol. The standard InChI is InChI=1S/C9H21N3O3S/c1-7(4-10)11-16(13,14)12-5-8(2)15-9(3)6-12/h7-9,11H,4-6,10H2,1-3H3/t7-,8?,9?/m1/s1. The van der Waals surface area contributed by atoms with Gasteiger partial charge in [0.15, 0.2) is 0 Å². The van der Waals surface area contributed by atoms with Crippen LogP contribution in [0.1, 0.15) is 20.8 Å². The molecule has 0 aliphatic carbocycles. The van der Waals surface area contributed by atoms with Gasteiger partial charge < -0.3 is 10.5 Å². The molecular formula is C9H21N3O3S. The van der Waals surface area contributed by atoms with Crippen molar-refractivity contribution in [2.45, 2.75) is 39.0 Å². The first-order valence-electron chi connectivity index (χ1n) is 5.48. The Bertz CT molecular complexity index is 310. The van der Waals surface area contributed by atoms with Gasteiger partial charge in [-0.1, -0.05) is 0 Å². The number of hydrogen-bond donors (Lipinski definition) is 2. The zero-order valence-electron chi connectivity index (χ0n) is 10.0. The first-order valence-corrected chi connectivity index (χ1v) is 6.92. The van der Waals surface area contributed by atoms with E-state index < -0.39 is 10.2 Å². The number of nitrogens with one attached hydrogen (secondary N) is 1. The Labute approximate surface area is 97.3 Å². The van der Waals surface area contributed by atoms with Crippen molar-refractivity contribution >= 4 is 10.2 Å². The van der Waals surface area contributed by atoms with Crippen LogP contribution in [0.15, 0.2) is 0 Å². The summed E-state index contributed by atoms with van der Waals surface area (Å²) < 4.78 is 33.3. The van der Waals surface area contributed by atoms with Gasteiger partial charge in [0.05, 0.1) is 12.2 Å². The zero-order valence-corrected chi connectivity index (χ0v) is 10.8. The summed E-state index contributed by atoms with van der Waals surface area (Å²) in [6, 6.07) is -0.251. The van der Waals surface area contributed by atoms with E-state index in [1.54, 1.807) is 6.92 Å². The number of nitrogens with two attached hydrogens (primary N) is 1. The molecule has 6 nitrogen and oxygen atoms in total. The molecule has 1 heterocycles. The summed E-state index contributed by atoms with van der Waals surface area (Å²) in [6.45, 7) is 6.53. The molecular weight excluding hydrogens is 230 g/mol. The van der Waals surface area contributed by atoms with Crippen molar-refractivity contribution in [1.82, 2.24) is 9.03 Å². The smallest absolute Gasteiger partial charge is 0.279 e. The molecule has 1 aliphatic rings.